The number of nitrogens with zero attached hydrogens (tertiary/aromatic N) is 3. The van der Waals surface area contributed by atoms with E-state index in [-0.39, 0.29) is 23.7 Å². The van der Waals surface area contributed by atoms with Gasteiger partial charge in [0.05, 0.1) is 22.6 Å². The van der Waals surface area contributed by atoms with E-state index in [0.717, 1.165) is 18.4 Å². The highest BCUT2D eigenvalue weighted by Gasteiger charge is 2.35. The number of carbonyl (C=O) groups excluding carboxylic acids is 2. The van der Waals surface area contributed by atoms with Gasteiger partial charge in [-0.25, -0.2) is 4.98 Å². The highest BCUT2D eigenvalue weighted by atomic mass is 16.5. The normalized spacial score (nSPS) is 18.8. The Labute approximate surface area is 160 Å². The molecule has 0 unspecified atom stereocenters. The molecule has 0 spiro atoms. The number of carbonyl (C=O) groups is 2. The zero-order chi connectivity index (χ0) is 19.8. The molecule has 0 bridgehead atoms. The summed E-state index contributed by atoms with van der Waals surface area (Å²) in [5.41, 5.74) is 2.66. The Kier molecular flexibility index (Phi) is 5.07. The fourth-order valence-electron chi connectivity index (χ4n) is 3.56. The molecule has 6 heteroatoms. The van der Waals surface area contributed by atoms with Gasteiger partial charge < -0.3 is 14.5 Å². The molecule has 1 aliphatic heterocycles. The van der Waals surface area contributed by atoms with Gasteiger partial charge in [0, 0.05) is 40.7 Å². The maximum atomic E-state index is 12.6. The van der Waals surface area contributed by atoms with Gasteiger partial charge in [-0.1, -0.05) is 12.0 Å². The Morgan fingerprint density at radius 2 is 2.00 bits per heavy atom. The summed E-state index contributed by atoms with van der Waals surface area (Å²) in [6.45, 7) is 3.52. The lowest BCUT2D eigenvalue weighted by Crippen LogP contribution is -2.44. The number of allylic oxidation sites excluding steroid dienone is 1. The third-order valence-electron chi connectivity index (χ3n) is 5.47. The molecule has 1 aliphatic carbocycles. The number of ether oxygens (including phenoxy) is 1. The number of amides is 1. The molecule has 27 heavy (non-hydrogen) atoms. The maximum absolute atomic E-state index is 12.6. The van der Waals surface area contributed by atoms with Crippen LogP contribution in [0.25, 0.3) is 5.70 Å². The van der Waals surface area contributed by atoms with Gasteiger partial charge in [-0.3, -0.25) is 9.59 Å². The smallest absolute Gasteiger partial charge is 0.271 e. The molecule has 1 fully saturated rings. The van der Waals surface area contributed by atoms with E-state index in [9.17, 15) is 9.59 Å². The molecule has 0 saturated carbocycles. The second-order valence-electron chi connectivity index (χ2n) is 7.51. The van der Waals surface area contributed by atoms with E-state index in [1.54, 1.807) is 27.3 Å². The minimum absolute atomic E-state index is 0.0754. The van der Waals surface area contributed by atoms with Crippen molar-refractivity contribution < 1.29 is 14.3 Å². The first kappa shape index (κ1) is 19.1. The monoisotopic (exact) mass is 367 g/mol. The van der Waals surface area contributed by atoms with E-state index in [1.807, 2.05) is 6.07 Å². The Morgan fingerprint density at radius 1 is 1.33 bits per heavy atom. The molecule has 0 radical (unpaired) electrons. The number of fused-ring (bicyclic) bond motifs is 1. The lowest BCUT2D eigenvalue weighted by atomic mass is 9.88. The highest BCUT2D eigenvalue weighted by molar-refractivity contribution is 6.10. The van der Waals surface area contributed by atoms with Crippen LogP contribution in [-0.2, 0) is 16.0 Å². The topological polar surface area (TPSA) is 62.7 Å². The zero-order valence-electron chi connectivity index (χ0n) is 16.3. The van der Waals surface area contributed by atoms with Gasteiger partial charge in [0.1, 0.15) is 5.69 Å². The molecule has 2 heterocycles. The van der Waals surface area contributed by atoms with Crippen LogP contribution >= 0.6 is 0 Å². The number of hydrogen-bond donors (Lipinski definition) is 0. The first-order valence-electron chi connectivity index (χ1n) is 9.06. The number of ketones is 1. The summed E-state index contributed by atoms with van der Waals surface area (Å²) < 4.78 is 5.62. The van der Waals surface area contributed by atoms with Gasteiger partial charge in [-0.15, -0.1) is 6.42 Å². The van der Waals surface area contributed by atoms with Crippen LogP contribution in [0.2, 0.25) is 0 Å². The van der Waals surface area contributed by atoms with E-state index >= 15 is 0 Å². The van der Waals surface area contributed by atoms with Crippen LogP contribution in [0.1, 0.15) is 41.5 Å². The third kappa shape index (κ3) is 3.47. The zero-order valence-corrected chi connectivity index (χ0v) is 16.3. The van der Waals surface area contributed by atoms with Crippen molar-refractivity contribution in [3.8, 4) is 12.3 Å². The molecule has 1 saturated heterocycles. The summed E-state index contributed by atoms with van der Waals surface area (Å²) in [6.07, 6.45) is 7.55. The molecule has 1 aromatic rings. The first-order chi connectivity index (χ1) is 12.8. The van der Waals surface area contributed by atoms with Crippen molar-refractivity contribution in [2.75, 3.05) is 34.3 Å². The second kappa shape index (κ2) is 7.16. The van der Waals surface area contributed by atoms with Crippen LogP contribution in [0.15, 0.2) is 17.7 Å². The average molecular weight is 367 g/mol. The Bertz CT molecular complexity index is 856. The summed E-state index contributed by atoms with van der Waals surface area (Å²) in [6, 6.07) is 3.48. The van der Waals surface area contributed by atoms with E-state index in [0.29, 0.717) is 35.7 Å². The molecular weight excluding hydrogens is 342 g/mol. The van der Waals surface area contributed by atoms with Crippen LogP contribution in [-0.4, -0.2) is 66.4 Å². The molecule has 1 amide bonds. The van der Waals surface area contributed by atoms with Crippen LogP contribution in [0.5, 0.6) is 0 Å². The number of hydrogen-bond acceptors (Lipinski definition) is 5. The molecular formula is C21H25N3O3. The number of rotatable bonds is 3. The van der Waals surface area contributed by atoms with Crippen molar-refractivity contribution in [2.24, 2.45) is 0 Å². The van der Waals surface area contributed by atoms with E-state index in [2.05, 4.69) is 22.7 Å². The second-order valence-corrected chi connectivity index (χ2v) is 7.51. The highest BCUT2D eigenvalue weighted by Crippen LogP contribution is 2.35. The quantitative estimate of drug-likeness (QED) is 0.762. The van der Waals surface area contributed by atoms with Crippen molar-refractivity contribution in [1.29, 1.82) is 0 Å². The fraction of sp³-hybridized carbons (Fsp3) is 0.476. The minimum atomic E-state index is -0.179. The molecule has 3 rings (SSSR count). The van der Waals surface area contributed by atoms with Gasteiger partial charge in [0.25, 0.3) is 5.91 Å². The van der Waals surface area contributed by atoms with Crippen molar-refractivity contribution in [3.05, 3.63) is 34.7 Å². The molecule has 0 aromatic carbocycles. The number of methoxy groups -OCH3 is 1. The number of terminal acetylenes is 1. The Balaban J connectivity index is 2.06. The summed E-state index contributed by atoms with van der Waals surface area (Å²) in [4.78, 5) is 33.2. The summed E-state index contributed by atoms with van der Waals surface area (Å²) in [5, 5.41) is 0. The Morgan fingerprint density at radius 3 is 2.56 bits per heavy atom. The van der Waals surface area contributed by atoms with E-state index in [4.69, 9.17) is 11.2 Å². The summed E-state index contributed by atoms with van der Waals surface area (Å²) in [5.74, 6) is 2.32. The molecule has 1 aromatic heterocycles. The molecule has 0 atom stereocenters. The van der Waals surface area contributed by atoms with Gasteiger partial charge >= 0.3 is 0 Å². The standard InChI is InChI=1S/C21H25N3O3/c1-6-15-17(25)13-14-7-8-16(20(26)23(3)4)22-18(14)19(15)24-11-9-21(2,27-5)10-12-24/h1,7-8H,9-13H2,2-5H3. The maximum Gasteiger partial charge on any atom is 0.271 e. The lowest BCUT2D eigenvalue weighted by Gasteiger charge is -2.41. The van der Waals surface area contributed by atoms with Gasteiger partial charge in [0.15, 0.2) is 5.78 Å². The fourth-order valence-corrected chi connectivity index (χ4v) is 3.56. The van der Waals surface area contributed by atoms with E-state index in [1.165, 1.54) is 4.90 Å². The van der Waals surface area contributed by atoms with E-state index < -0.39 is 0 Å². The van der Waals surface area contributed by atoms with Crippen molar-refractivity contribution in [3.63, 3.8) is 0 Å². The number of piperidine rings is 1. The number of aromatic nitrogens is 1. The van der Waals surface area contributed by atoms with Crippen molar-refractivity contribution in [1.82, 2.24) is 14.8 Å². The van der Waals surface area contributed by atoms with Crippen LogP contribution in [0.4, 0.5) is 0 Å². The van der Waals surface area contributed by atoms with Gasteiger partial charge in [-0.05, 0) is 31.4 Å². The Hall–Kier alpha value is -2.65. The third-order valence-corrected chi connectivity index (χ3v) is 5.47. The van der Waals surface area contributed by atoms with Crippen molar-refractivity contribution in [2.45, 2.75) is 31.8 Å². The molecule has 0 N–H and O–H groups in total. The summed E-state index contributed by atoms with van der Waals surface area (Å²) >= 11 is 0. The first-order valence-corrected chi connectivity index (χ1v) is 9.06. The largest absolute Gasteiger partial charge is 0.378 e. The number of Topliss-reactive ketones (excluding diaryl/α,β-unsaturated/α-hetero) is 1. The van der Waals surface area contributed by atoms with Crippen molar-refractivity contribution >= 4 is 17.4 Å². The van der Waals surface area contributed by atoms with Crippen LogP contribution < -0.4 is 0 Å². The number of pyridine rings is 1. The number of likely N-dealkylation sites (tertiary alicyclic amines) is 1. The minimum Gasteiger partial charge on any atom is -0.378 e. The molecule has 6 nitrogen and oxygen atoms in total. The van der Waals surface area contributed by atoms with Gasteiger partial charge in [0.2, 0.25) is 0 Å². The molecule has 142 valence electrons. The average Bonchev–Trinajstić information content (AvgIpc) is 2.66. The SMILES string of the molecule is C#CC1=C(N2CCC(C)(OC)CC2)c2nc(C(=O)N(C)C)ccc2CC1=O. The van der Waals surface area contributed by atoms with Gasteiger partial charge in [-0.2, -0.15) is 0 Å². The predicted octanol–water partition coefficient (Wildman–Crippen LogP) is 1.75. The van der Waals surface area contributed by atoms with Crippen LogP contribution in [0.3, 0.4) is 0 Å². The lowest BCUT2D eigenvalue weighted by molar-refractivity contribution is -0.114. The van der Waals surface area contributed by atoms with Crippen LogP contribution in [0, 0.1) is 12.3 Å². The molecule has 2 aliphatic rings. The predicted molar refractivity (Wildman–Crippen MR) is 103 cm³/mol. The summed E-state index contributed by atoms with van der Waals surface area (Å²) in [7, 11) is 5.10.